The Labute approximate surface area is 421 Å². The molecule has 4 nitrogen and oxygen atoms in total. The number of hydrogen-bond acceptors (Lipinski definition) is 4. The van der Waals surface area contributed by atoms with Gasteiger partial charge in [0.05, 0.1) is 28.2 Å². The van der Waals surface area contributed by atoms with Crippen molar-refractivity contribution in [1.82, 2.24) is 9.97 Å². The molecule has 72 heavy (non-hydrogen) atoms. The molecule has 0 fully saturated rings. The van der Waals surface area contributed by atoms with Gasteiger partial charge in [-0.3, -0.25) is 0 Å². The molecule has 0 unspecified atom stereocenters. The van der Waals surface area contributed by atoms with Crippen molar-refractivity contribution < 1.29 is 0 Å². The SMILES string of the molecule is Cc1nc(-c2ccc(N3c4ccccc4C4(c5ccccc5-c5ccccc54)c4ccccc43)cc2)c(C)c(-c2ccc(N3c4ccccc4[Si](c4ccccc4)(c4ccccc4)c4ccccc43)cc2)n1. The van der Waals surface area contributed by atoms with Crippen LogP contribution in [0, 0.1) is 13.8 Å². The number of fused-ring (bicyclic) bond motifs is 11. The van der Waals surface area contributed by atoms with Gasteiger partial charge in [0.25, 0.3) is 0 Å². The first-order valence-corrected chi connectivity index (χ1v) is 26.9. The van der Waals surface area contributed by atoms with Gasteiger partial charge >= 0.3 is 0 Å². The second-order valence-corrected chi connectivity index (χ2v) is 23.0. The van der Waals surface area contributed by atoms with E-state index in [1.165, 1.54) is 76.9 Å². The van der Waals surface area contributed by atoms with Gasteiger partial charge in [0, 0.05) is 39.4 Å². The van der Waals surface area contributed by atoms with Crippen molar-refractivity contribution in [3.05, 3.63) is 288 Å². The number of aryl methyl sites for hydroxylation is 1. The van der Waals surface area contributed by atoms with Gasteiger partial charge in [0.2, 0.25) is 0 Å². The van der Waals surface area contributed by atoms with Crippen LogP contribution >= 0.6 is 0 Å². The Morgan fingerprint density at radius 3 is 1.12 bits per heavy atom. The van der Waals surface area contributed by atoms with Gasteiger partial charge in [-0.2, -0.15) is 0 Å². The fraction of sp³-hybridized carbons (Fsp3) is 0.0448. The lowest BCUT2D eigenvalue weighted by Gasteiger charge is -2.45. The first kappa shape index (κ1) is 42.0. The van der Waals surface area contributed by atoms with E-state index in [-0.39, 0.29) is 0 Å². The molecule has 3 heterocycles. The maximum atomic E-state index is 5.11. The van der Waals surface area contributed by atoms with Gasteiger partial charge in [0.15, 0.2) is 8.07 Å². The molecule has 3 aliphatic rings. The summed E-state index contributed by atoms with van der Waals surface area (Å²) in [5.41, 5.74) is 19.4. The predicted octanol–water partition coefficient (Wildman–Crippen LogP) is 13.7. The monoisotopic (exact) mass is 936 g/mol. The largest absolute Gasteiger partial charge is 0.311 e. The lowest BCUT2D eigenvalue weighted by atomic mass is 9.64. The zero-order chi connectivity index (χ0) is 48.0. The number of rotatable bonds is 6. The second-order valence-electron chi connectivity index (χ2n) is 19.2. The summed E-state index contributed by atoms with van der Waals surface area (Å²) < 4.78 is 0. The molecule has 11 aromatic rings. The van der Waals surface area contributed by atoms with E-state index >= 15 is 0 Å². The van der Waals surface area contributed by atoms with Crippen LogP contribution in [-0.4, -0.2) is 18.0 Å². The molecule has 0 saturated carbocycles. The van der Waals surface area contributed by atoms with Crippen molar-refractivity contribution in [3.63, 3.8) is 0 Å². The summed E-state index contributed by atoms with van der Waals surface area (Å²) in [5, 5.41) is 5.52. The van der Waals surface area contributed by atoms with Crippen LogP contribution in [0.25, 0.3) is 33.6 Å². The van der Waals surface area contributed by atoms with E-state index in [0.717, 1.165) is 45.3 Å². The molecule has 14 rings (SSSR count). The first-order chi connectivity index (χ1) is 35.6. The van der Waals surface area contributed by atoms with Crippen LogP contribution in [0.3, 0.4) is 0 Å². The number of anilines is 6. The summed E-state index contributed by atoms with van der Waals surface area (Å²) >= 11 is 0. The van der Waals surface area contributed by atoms with Gasteiger partial charge in [-0.15, -0.1) is 0 Å². The lowest BCUT2D eigenvalue weighted by molar-refractivity contribution is 0.752. The van der Waals surface area contributed by atoms with Crippen molar-refractivity contribution in [2.75, 3.05) is 9.80 Å². The van der Waals surface area contributed by atoms with E-state index in [1.54, 1.807) is 0 Å². The molecular formula is C67H48N4Si. The molecule has 0 atom stereocenters. The van der Waals surface area contributed by atoms with Crippen LogP contribution in [0.15, 0.2) is 255 Å². The van der Waals surface area contributed by atoms with E-state index in [0.29, 0.717) is 0 Å². The van der Waals surface area contributed by atoms with Crippen molar-refractivity contribution in [2.45, 2.75) is 19.3 Å². The molecule has 0 amide bonds. The number of aromatic nitrogens is 2. The molecule has 1 aromatic heterocycles. The van der Waals surface area contributed by atoms with E-state index in [2.05, 4.69) is 272 Å². The summed E-state index contributed by atoms with van der Waals surface area (Å²) in [6.07, 6.45) is 0. The van der Waals surface area contributed by atoms with E-state index in [1.807, 2.05) is 6.92 Å². The van der Waals surface area contributed by atoms with Crippen LogP contribution in [-0.2, 0) is 5.41 Å². The molecule has 340 valence electrons. The lowest BCUT2D eigenvalue weighted by Crippen LogP contribution is -2.77. The van der Waals surface area contributed by atoms with Gasteiger partial charge < -0.3 is 9.80 Å². The van der Waals surface area contributed by atoms with Crippen molar-refractivity contribution in [1.29, 1.82) is 0 Å². The molecule has 0 N–H and O–H groups in total. The van der Waals surface area contributed by atoms with Gasteiger partial charge in [-0.05, 0) is 117 Å². The third kappa shape index (κ3) is 5.92. The van der Waals surface area contributed by atoms with Crippen molar-refractivity contribution in [2.24, 2.45) is 0 Å². The van der Waals surface area contributed by atoms with E-state index in [4.69, 9.17) is 9.97 Å². The average Bonchev–Trinajstić information content (AvgIpc) is 3.75. The van der Waals surface area contributed by atoms with Crippen LogP contribution < -0.4 is 30.5 Å². The van der Waals surface area contributed by atoms with Gasteiger partial charge in [-0.25, -0.2) is 9.97 Å². The minimum absolute atomic E-state index is 0.443. The van der Waals surface area contributed by atoms with Gasteiger partial charge in [0.1, 0.15) is 5.82 Å². The third-order valence-electron chi connectivity index (χ3n) is 15.6. The fourth-order valence-electron chi connectivity index (χ4n) is 12.8. The highest BCUT2D eigenvalue weighted by molar-refractivity contribution is 7.21. The topological polar surface area (TPSA) is 32.3 Å². The number of nitrogens with zero attached hydrogens (tertiary/aromatic N) is 4. The molecule has 5 heteroatoms. The highest BCUT2D eigenvalue weighted by atomic mass is 28.3. The Morgan fingerprint density at radius 2 is 0.681 bits per heavy atom. The fourth-order valence-corrected chi connectivity index (χ4v) is 17.9. The minimum atomic E-state index is -2.70. The van der Waals surface area contributed by atoms with E-state index in [9.17, 15) is 0 Å². The van der Waals surface area contributed by atoms with E-state index < -0.39 is 13.5 Å². The smallest absolute Gasteiger partial charge is 0.184 e. The molecule has 0 bridgehead atoms. The summed E-state index contributed by atoms with van der Waals surface area (Å²) in [6, 6.07) is 94.3. The third-order valence-corrected chi connectivity index (χ3v) is 20.5. The van der Waals surface area contributed by atoms with Gasteiger partial charge in [-0.1, -0.05) is 206 Å². The van der Waals surface area contributed by atoms with Crippen LogP contribution in [0.4, 0.5) is 34.1 Å². The van der Waals surface area contributed by atoms with Crippen molar-refractivity contribution in [3.8, 4) is 33.6 Å². The molecule has 0 radical (unpaired) electrons. The summed E-state index contributed by atoms with van der Waals surface area (Å²) in [6.45, 7) is 4.16. The maximum absolute atomic E-state index is 5.11. The van der Waals surface area contributed by atoms with Crippen LogP contribution in [0.2, 0.25) is 0 Å². The Hall–Kier alpha value is -8.90. The maximum Gasteiger partial charge on any atom is 0.184 e. The molecule has 0 saturated heterocycles. The molecule has 10 aromatic carbocycles. The second kappa shape index (κ2) is 16.3. The minimum Gasteiger partial charge on any atom is -0.311 e. The molecule has 1 aliphatic carbocycles. The number of para-hydroxylation sites is 4. The summed E-state index contributed by atoms with van der Waals surface area (Å²) in [4.78, 5) is 15.1. The zero-order valence-corrected chi connectivity index (χ0v) is 41.0. The Kier molecular flexibility index (Phi) is 9.54. The highest BCUT2D eigenvalue weighted by Crippen LogP contribution is 2.63. The zero-order valence-electron chi connectivity index (χ0n) is 40.0. The number of benzene rings is 10. The summed E-state index contributed by atoms with van der Waals surface area (Å²) in [7, 11) is -2.70. The molecular weight excluding hydrogens is 889 g/mol. The average molecular weight is 937 g/mol. The highest BCUT2D eigenvalue weighted by Gasteiger charge is 2.52. The normalized spacial score (nSPS) is 14.1. The Bertz CT molecular complexity index is 3560. The standard InChI is InChI=1S/C67H48N4Si/c1-45-65(47-37-41-49(42-38-47)70-59-31-15-13-29-57(59)67(58-30-14-16-32-60(58)70)55-27-11-9-25-53(55)54-26-10-12-28-56(54)67)68-46(2)69-66(45)48-39-43-50(44-40-48)71-61-33-17-19-35-63(61)72(51-21-5-3-6-22-51,52-23-7-4-8-24-52)64-36-20-18-34-62(64)71/h3-44H,1-2H3. The first-order valence-electron chi connectivity index (χ1n) is 24.9. The molecule has 1 spiro atoms. The Morgan fingerprint density at radius 1 is 0.333 bits per heavy atom. The quantitative estimate of drug-likeness (QED) is 0.156. The Balaban J connectivity index is 0.832. The van der Waals surface area contributed by atoms with Crippen LogP contribution in [0.5, 0.6) is 0 Å². The predicted molar refractivity (Wildman–Crippen MR) is 300 cm³/mol. The van der Waals surface area contributed by atoms with Crippen molar-refractivity contribution >= 4 is 62.9 Å². The molecule has 2 aliphatic heterocycles. The van der Waals surface area contributed by atoms with Crippen LogP contribution in [0.1, 0.15) is 33.6 Å². The number of hydrogen-bond donors (Lipinski definition) is 0. The summed E-state index contributed by atoms with van der Waals surface area (Å²) in [5.74, 6) is 0.738.